The van der Waals surface area contributed by atoms with E-state index < -0.39 is 17.2 Å². The van der Waals surface area contributed by atoms with Gasteiger partial charge in [0.25, 0.3) is 0 Å². The van der Waals surface area contributed by atoms with Gasteiger partial charge in [-0.2, -0.15) is 0 Å². The smallest absolute Gasteiger partial charge is 0.304 e. The molecule has 1 aromatic carbocycles. The molecule has 1 N–H and O–H groups in total. The number of methoxy groups -OCH3 is 1. The fourth-order valence-corrected chi connectivity index (χ4v) is 1.99. The number of halogens is 1. The number of hydrogen-bond acceptors (Lipinski definition) is 2. The second-order valence-corrected chi connectivity index (χ2v) is 4.78. The van der Waals surface area contributed by atoms with E-state index in [1.54, 1.807) is 26.8 Å². The Hall–Kier alpha value is -1.58. The van der Waals surface area contributed by atoms with Crippen LogP contribution in [0.3, 0.4) is 0 Å². The Morgan fingerprint density at radius 3 is 2.53 bits per heavy atom. The molecule has 0 aliphatic heterocycles. The first-order chi connectivity index (χ1) is 7.77. The third kappa shape index (κ3) is 2.96. The van der Waals surface area contributed by atoms with Crippen LogP contribution in [0.2, 0.25) is 0 Å². The quantitative estimate of drug-likeness (QED) is 0.880. The van der Waals surface area contributed by atoms with Crippen LogP contribution in [0.5, 0.6) is 5.75 Å². The van der Waals surface area contributed by atoms with Gasteiger partial charge in [-0.3, -0.25) is 4.79 Å². The number of carbonyl (C=O) groups is 1. The molecule has 0 atom stereocenters. The van der Waals surface area contributed by atoms with Gasteiger partial charge in [-0.05, 0) is 24.6 Å². The lowest BCUT2D eigenvalue weighted by molar-refractivity contribution is -0.138. The number of hydrogen-bond donors (Lipinski definition) is 1. The van der Waals surface area contributed by atoms with Crippen molar-refractivity contribution in [2.24, 2.45) is 0 Å². The Bertz CT molecular complexity index is 439. The van der Waals surface area contributed by atoms with Gasteiger partial charge in [0.1, 0.15) is 11.6 Å². The van der Waals surface area contributed by atoms with E-state index in [0.29, 0.717) is 11.3 Å². The summed E-state index contributed by atoms with van der Waals surface area (Å²) in [6, 6.07) is 3.10. The van der Waals surface area contributed by atoms with Crippen molar-refractivity contribution in [3.63, 3.8) is 0 Å². The summed E-state index contributed by atoms with van der Waals surface area (Å²) in [5, 5.41) is 8.86. The Morgan fingerprint density at radius 1 is 1.47 bits per heavy atom. The second-order valence-electron chi connectivity index (χ2n) is 4.78. The Balaban J connectivity index is 3.33. The van der Waals surface area contributed by atoms with Crippen LogP contribution < -0.4 is 4.74 Å². The minimum absolute atomic E-state index is 0.149. The molecule has 0 amide bonds. The van der Waals surface area contributed by atoms with E-state index in [-0.39, 0.29) is 6.42 Å². The predicted octanol–water partition coefficient (Wildman–Crippen LogP) is 2.90. The van der Waals surface area contributed by atoms with Gasteiger partial charge in [0, 0.05) is 11.0 Å². The van der Waals surface area contributed by atoms with Gasteiger partial charge in [-0.1, -0.05) is 13.8 Å². The Labute approximate surface area is 100 Å². The van der Waals surface area contributed by atoms with Gasteiger partial charge >= 0.3 is 5.97 Å². The minimum atomic E-state index is -0.961. The van der Waals surface area contributed by atoms with E-state index in [0.717, 1.165) is 5.56 Å². The fraction of sp³-hybridized carbons (Fsp3) is 0.462. The maximum absolute atomic E-state index is 14.0. The maximum atomic E-state index is 14.0. The van der Waals surface area contributed by atoms with Crippen LogP contribution in [-0.2, 0) is 10.2 Å². The van der Waals surface area contributed by atoms with E-state index in [9.17, 15) is 9.18 Å². The summed E-state index contributed by atoms with van der Waals surface area (Å²) in [5.41, 5.74) is 0.247. The van der Waals surface area contributed by atoms with Crippen LogP contribution >= 0.6 is 0 Å². The summed E-state index contributed by atoms with van der Waals surface area (Å²) < 4.78 is 19.1. The zero-order valence-electron chi connectivity index (χ0n) is 10.5. The molecule has 0 saturated heterocycles. The maximum Gasteiger partial charge on any atom is 0.304 e. The summed E-state index contributed by atoms with van der Waals surface area (Å²) in [6.07, 6.45) is -0.149. The molecule has 0 bridgehead atoms. The number of aliphatic carboxylic acids is 1. The lowest BCUT2D eigenvalue weighted by atomic mass is 9.80. The Kier molecular flexibility index (Phi) is 3.76. The van der Waals surface area contributed by atoms with Crippen LogP contribution in [0.25, 0.3) is 0 Å². The van der Waals surface area contributed by atoms with Crippen LogP contribution in [0, 0.1) is 12.7 Å². The predicted molar refractivity (Wildman–Crippen MR) is 63.0 cm³/mol. The van der Waals surface area contributed by atoms with Crippen molar-refractivity contribution in [2.45, 2.75) is 32.6 Å². The number of carboxylic acid groups (broad SMARTS) is 1. The van der Waals surface area contributed by atoms with Crippen molar-refractivity contribution < 1.29 is 19.0 Å². The van der Waals surface area contributed by atoms with E-state index in [4.69, 9.17) is 9.84 Å². The highest BCUT2D eigenvalue weighted by Gasteiger charge is 2.30. The summed E-state index contributed by atoms with van der Waals surface area (Å²) in [7, 11) is 1.45. The molecule has 4 heteroatoms. The van der Waals surface area contributed by atoms with E-state index in [2.05, 4.69) is 0 Å². The van der Waals surface area contributed by atoms with Crippen LogP contribution in [0.15, 0.2) is 12.1 Å². The van der Waals surface area contributed by atoms with E-state index in [1.165, 1.54) is 13.2 Å². The summed E-state index contributed by atoms with van der Waals surface area (Å²) in [5.74, 6) is -0.987. The van der Waals surface area contributed by atoms with E-state index >= 15 is 0 Å². The first-order valence-electron chi connectivity index (χ1n) is 5.34. The third-order valence-corrected chi connectivity index (χ3v) is 2.69. The third-order valence-electron chi connectivity index (χ3n) is 2.69. The normalized spacial score (nSPS) is 11.4. The van der Waals surface area contributed by atoms with Gasteiger partial charge in [0.05, 0.1) is 13.5 Å². The molecule has 3 nitrogen and oxygen atoms in total. The van der Waals surface area contributed by atoms with Crippen molar-refractivity contribution in [3.05, 3.63) is 29.1 Å². The molecule has 0 heterocycles. The molecule has 0 radical (unpaired) electrons. The molecular formula is C13H17FO3. The number of aryl methyl sites for hydroxylation is 1. The van der Waals surface area contributed by atoms with Gasteiger partial charge in [-0.15, -0.1) is 0 Å². The fourth-order valence-electron chi connectivity index (χ4n) is 1.99. The standard InChI is InChI=1S/C13H17FO3/c1-8-5-9(14)12(10(6-8)17-4)13(2,3)7-11(15)16/h5-6H,7H2,1-4H3,(H,15,16). The average Bonchev–Trinajstić information content (AvgIpc) is 2.13. The van der Waals surface area contributed by atoms with Crippen molar-refractivity contribution in [2.75, 3.05) is 7.11 Å². The summed E-state index contributed by atoms with van der Waals surface area (Å²) in [4.78, 5) is 10.8. The monoisotopic (exact) mass is 240 g/mol. The van der Waals surface area contributed by atoms with Gasteiger partial charge in [-0.25, -0.2) is 4.39 Å². The number of rotatable bonds is 4. The van der Waals surface area contributed by atoms with Crippen LogP contribution in [-0.4, -0.2) is 18.2 Å². The Morgan fingerprint density at radius 2 is 2.06 bits per heavy atom. The summed E-state index contributed by atoms with van der Waals surface area (Å²) in [6.45, 7) is 5.15. The van der Waals surface area contributed by atoms with Gasteiger partial charge in [0.15, 0.2) is 0 Å². The molecule has 1 aromatic rings. The van der Waals surface area contributed by atoms with E-state index in [1.807, 2.05) is 0 Å². The lowest BCUT2D eigenvalue weighted by Gasteiger charge is -2.26. The van der Waals surface area contributed by atoms with Crippen LogP contribution in [0.4, 0.5) is 4.39 Å². The zero-order chi connectivity index (χ0) is 13.2. The molecule has 0 fully saturated rings. The number of benzene rings is 1. The first kappa shape index (κ1) is 13.5. The highest BCUT2D eigenvalue weighted by atomic mass is 19.1. The SMILES string of the molecule is COc1cc(C)cc(F)c1C(C)(C)CC(=O)O. The highest BCUT2D eigenvalue weighted by molar-refractivity contribution is 5.69. The molecule has 0 unspecified atom stereocenters. The largest absolute Gasteiger partial charge is 0.496 e. The molecule has 94 valence electrons. The molecule has 1 rings (SSSR count). The minimum Gasteiger partial charge on any atom is -0.496 e. The van der Waals surface area contributed by atoms with Crippen molar-refractivity contribution in [1.29, 1.82) is 0 Å². The van der Waals surface area contributed by atoms with Gasteiger partial charge < -0.3 is 9.84 Å². The van der Waals surface area contributed by atoms with Gasteiger partial charge in [0.2, 0.25) is 0 Å². The lowest BCUT2D eigenvalue weighted by Crippen LogP contribution is -2.24. The van der Waals surface area contributed by atoms with Crippen molar-refractivity contribution in [3.8, 4) is 5.75 Å². The molecule has 0 spiro atoms. The average molecular weight is 240 g/mol. The van der Waals surface area contributed by atoms with Crippen LogP contribution in [0.1, 0.15) is 31.4 Å². The van der Waals surface area contributed by atoms with Crippen molar-refractivity contribution in [1.82, 2.24) is 0 Å². The molecule has 0 aliphatic rings. The molecule has 0 saturated carbocycles. The molecular weight excluding hydrogens is 223 g/mol. The molecule has 17 heavy (non-hydrogen) atoms. The highest BCUT2D eigenvalue weighted by Crippen LogP contribution is 2.37. The molecule has 0 aromatic heterocycles. The number of ether oxygens (including phenoxy) is 1. The molecule has 0 aliphatic carbocycles. The van der Waals surface area contributed by atoms with Crippen molar-refractivity contribution >= 4 is 5.97 Å². The zero-order valence-corrected chi connectivity index (χ0v) is 10.5. The second kappa shape index (κ2) is 4.73. The topological polar surface area (TPSA) is 46.5 Å². The summed E-state index contributed by atoms with van der Waals surface area (Å²) >= 11 is 0. The number of carboxylic acids is 1. The first-order valence-corrected chi connectivity index (χ1v) is 5.34.